The van der Waals surface area contributed by atoms with Crippen LogP contribution in [0.15, 0.2) is 10.6 Å². The number of hydrogen-bond acceptors (Lipinski definition) is 6. The number of hydrogen-bond donors (Lipinski definition) is 1. The van der Waals surface area contributed by atoms with Crippen LogP contribution < -0.4 is 5.32 Å². The van der Waals surface area contributed by atoms with Gasteiger partial charge in [-0.15, -0.1) is 0 Å². The predicted octanol–water partition coefficient (Wildman–Crippen LogP) is 1.24. The van der Waals surface area contributed by atoms with E-state index in [1.807, 2.05) is 4.57 Å². The topological polar surface area (TPSA) is 102 Å². The van der Waals surface area contributed by atoms with Crippen molar-refractivity contribution < 1.29 is 18.8 Å². The van der Waals surface area contributed by atoms with Crippen molar-refractivity contribution in [2.24, 2.45) is 0 Å². The summed E-state index contributed by atoms with van der Waals surface area (Å²) >= 11 is 0. The van der Waals surface area contributed by atoms with Gasteiger partial charge in [0.15, 0.2) is 11.6 Å². The molecule has 0 unspecified atom stereocenters. The number of rotatable bonds is 3. The minimum absolute atomic E-state index is 0.129. The monoisotopic (exact) mass is 359 g/mol. The number of nitrogens with one attached hydrogen (secondary N) is 1. The lowest BCUT2D eigenvalue weighted by atomic mass is 10.1. The first kappa shape index (κ1) is 16.8. The van der Waals surface area contributed by atoms with E-state index in [1.54, 1.807) is 17.9 Å². The van der Waals surface area contributed by atoms with E-state index in [-0.39, 0.29) is 17.6 Å². The quantitative estimate of drug-likeness (QED) is 0.884. The molecule has 0 aliphatic carbocycles. The van der Waals surface area contributed by atoms with Crippen molar-refractivity contribution in [1.82, 2.24) is 19.6 Å². The second-order valence-electron chi connectivity index (χ2n) is 6.52. The van der Waals surface area contributed by atoms with Crippen molar-refractivity contribution in [3.05, 3.63) is 29.0 Å². The maximum absolute atomic E-state index is 12.9. The number of nitrogens with zero attached hydrogens (tertiary/aromatic N) is 4. The van der Waals surface area contributed by atoms with Crippen molar-refractivity contribution >= 4 is 17.6 Å². The summed E-state index contributed by atoms with van der Waals surface area (Å²) in [7, 11) is 0. The average molecular weight is 359 g/mol. The molecule has 2 amide bonds. The molecule has 26 heavy (non-hydrogen) atoms. The van der Waals surface area contributed by atoms with Crippen LogP contribution in [0.1, 0.15) is 45.4 Å². The van der Waals surface area contributed by atoms with E-state index in [0.29, 0.717) is 50.1 Å². The van der Waals surface area contributed by atoms with Crippen molar-refractivity contribution in [2.45, 2.75) is 32.7 Å². The molecule has 4 rings (SSSR count). The molecular formula is C17H21N5O4. The highest BCUT2D eigenvalue weighted by Crippen LogP contribution is 2.23. The van der Waals surface area contributed by atoms with Gasteiger partial charge < -0.3 is 24.0 Å². The summed E-state index contributed by atoms with van der Waals surface area (Å²) in [5.41, 5.74) is 1.22. The number of morpholine rings is 1. The molecule has 1 N–H and O–H groups in total. The molecule has 0 spiro atoms. The lowest BCUT2D eigenvalue weighted by molar-refractivity contribution is 0.0298. The third-order valence-electron chi connectivity index (χ3n) is 4.69. The first-order valence-corrected chi connectivity index (χ1v) is 8.84. The highest BCUT2D eigenvalue weighted by molar-refractivity contribution is 6.03. The highest BCUT2D eigenvalue weighted by atomic mass is 16.5. The molecular weight excluding hydrogens is 338 g/mol. The van der Waals surface area contributed by atoms with Gasteiger partial charge in [-0.3, -0.25) is 9.59 Å². The Labute approximate surface area is 150 Å². The normalized spacial score (nSPS) is 17.0. The van der Waals surface area contributed by atoms with Crippen molar-refractivity contribution in [2.75, 3.05) is 31.6 Å². The molecule has 138 valence electrons. The fourth-order valence-corrected chi connectivity index (χ4v) is 3.40. The molecule has 2 aromatic heterocycles. The molecule has 2 aromatic rings. The van der Waals surface area contributed by atoms with Crippen LogP contribution in [-0.4, -0.2) is 57.7 Å². The van der Waals surface area contributed by atoms with Crippen molar-refractivity contribution in [3.8, 4) is 0 Å². The van der Waals surface area contributed by atoms with E-state index in [2.05, 4.69) is 15.5 Å². The molecule has 0 saturated carbocycles. The fraction of sp³-hybridized carbons (Fsp3) is 0.529. The minimum atomic E-state index is -0.387. The van der Waals surface area contributed by atoms with Crippen LogP contribution in [0.25, 0.3) is 0 Å². The summed E-state index contributed by atoms with van der Waals surface area (Å²) in [6.45, 7) is 4.58. The van der Waals surface area contributed by atoms with Crippen molar-refractivity contribution in [3.63, 3.8) is 0 Å². The second-order valence-corrected chi connectivity index (χ2v) is 6.52. The van der Waals surface area contributed by atoms with E-state index in [0.717, 1.165) is 25.0 Å². The zero-order chi connectivity index (χ0) is 18.1. The number of aromatic nitrogens is 3. The molecule has 0 radical (unpaired) electrons. The number of carbonyl (C=O) groups excluding carboxylic acids is 2. The Kier molecular flexibility index (Phi) is 4.46. The molecule has 0 atom stereocenters. The van der Waals surface area contributed by atoms with Gasteiger partial charge in [-0.1, -0.05) is 5.16 Å². The summed E-state index contributed by atoms with van der Waals surface area (Å²) in [6, 6.07) is 1.64. The Bertz CT molecular complexity index is 834. The zero-order valence-corrected chi connectivity index (χ0v) is 14.7. The van der Waals surface area contributed by atoms with Gasteiger partial charge in [-0.25, -0.2) is 4.98 Å². The van der Waals surface area contributed by atoms with E-state index in [4.69, 9.17) is 9.26 Å². The van der Waals surface area contributed by atoms with Crippen LogP contribution in [-0.2, 0) is 17.7 Å². The first-order valence-electron chi connectivity index (χ1n) is 8.84. The Hall–Kier alpha value is -2.68. The van der Waals surface area contributed by atoms with Crippen molar-refractivity contribution in [1.29, 1.82) is 0 Å². The van der Waals surface area contributed by atoms with Crippen LogP contribution in [0, 0.1) is 6.92 Å². The van der Waals surface area contributed by atoms with Crippen LogP contribution in [0.5, 0.6) is 0 Å². The summed E-state index contributed by atoms with van der Waals surface area (Å²) < 4.78 is 12.1. The van der Waals surface area contributed by atoms with Gasteiger partial charge in [0.05, 0.1) is 18.9 Å². The largest absolute Gasteiger partial charge is 0.378 e. The summed E-state index contributed by atoms with van der Waals surface area (Å²) in [6.07, 6.45) is 2.69. The maximum atomic E-state index is 12.9. The van der Waals surface area contributed by atoms with Crippen LogP contribution in [0.2, 0.25) is 0 Å². The number of amides is 2. The van der Waals surface area contributed by atoms with Gasteiger partial charge in [0.25, 0.3) is 11.8 Å². The number of aryl methyl sites for hydroxylation is 1. The molecule has 9 nitrogen and oxygen atoms in total. The van der Waals surface area contributed by atoms with E-state index >= 15 is 0 Å². The van der Waals surface area contributed by atoms with Crippen LogP contribution in [0.4, 0.5) is 5.82 Å². The van der Waals surface area contributed by atoms with Crippen LogP contribution >= 0.6 is 0 Å². The number of fused-ring (bicyclic) bond motifs is 1. The maximum Gasteiger partial charge on any atom is 0.292 e. The number of imidazole rings is 1. The SMILES string of the molecule is Cc1cc(NC(=O)c2nc(C(=O)N3CCOCC3)c3n2CCCC3)no1. The third kappa shape index (κ3) is 3.10. The zero-order valence-electron chi connectivity index (χ0n) is 14.7. The van der Waals surface area contributed by atoms with Gasteiger partial charge in [-0.2, -0.15) is 0 Å². The van der Waals surface area contributed by atoms with Gasteiger partial charge in [0.1, 0.15) is 11.5 Å². The van der Waals surface area contributed by atoms with Gasteiger partial charge >= 0.3 is 0 Å². The van der Waals surface area contributed by atoms with Gasteiger partial charge in [0.2, 0.25) is 0 Å². The molecule has 1 fully saturated rings. The van der Waals surface area contributed by atoms with E-state index in [1.165, 1.54) is 0 Å². The molecule has 4 heterocycles. The van der Waals surface area contributed by atoms with E-state index in [9.17, 15) is 9.59 Å². The van der Waals surface area contributed by atoms with Gasteiger partial charge in [-0.05, 0) is 26.2 Å². The minimum Gasteiger partial charge on any atom is -0.378 e. The molecule has 0 aromatic carbocycles. The third-order valence-corrected chi connectivity index (χ3v) is 4.69. The predicted molar refractivity (Wildman–Crippen MR) is 91.1 cm³/mol. The lowest BCUT2D eigenvalue weighted by Gasteiger charge is -2.26. The molecule has 9 heteroatoms. The van der Waals surface area contributed by atoms with E-state index < -0.39 is 0 Å². The fourth-order valence-electron chi connectivity index (χ4n) is 3.40. The number of anilines is 1. The standard InChI is InChI=1S/C17H21N5O4/c1-11-10-13(20-26-11)18-16(23)15-19-14(12-4-2-3-5-22(12)15)17(24)21-6-8-25-9-7-21/h10H,2-9H2,1H3,(H,18,20,23). The smallest absolute Gasteiger partial charge is 0.292 e. The van der Waals surface area contributed by atoms with Crippen LogP contribution in [0.3, 0.4) is 0 Å². The molecule has 2 aliphatic heterocycles. The first-order chi connectivity index (χ1) is 12.6. The Morgan fingerprint density at radius 3 is 2.73 bits per heavy atom. The molecule has 2 aliphatic rings. The Balaban J connectivity index is 1.63. The molecule has 1 saturated heterocycles. The Morgan fingerprint density at radius 1 is 1.19 bits per heavy atom. The van der Waals surface area contributed by atoms with Gasteiger partial charge in [0, 0.05) is 25.7 Å². The lowest BCUT2D eigenvalue weighted by Crippen LogP contribution is -2.41. The number of ether oxygens (including phenoxy) is 1. The summed E-state index contributed by atoms with van der Waals surface area (Å²) in [5.74, 6) is 0.671. The highest BCUT2D eigenvalue weighted by Gasteiger charge is 2.30. The number of carbonyl (C=O) groups is 2. The summed E-state index contributed by atoms with van der Waals surface area (Å²) in [5, 5.41) is 6.46. The average Bonchev–Trinajstić information content (AvgIpc) is 3.25. The Morgan fingerprint density at radius 2 is 2.00 bits per heavy atom. The molecule has 0 bridgehead atoms. The summed E-state index contributed by atoms with van der Waals surface area (Å²) in [4.78, 5) is 31.8. The second kappa shape index (κ2) is 6.91.